The lowest BCUT2D eigenvalue weighted by Gasteiger charge is -2.42. The molecular formula is C15H25NO2. The summed E-state index contributed by atoms with van der Waals surface area (Å²) in [5, 5.41) is 3.50. The minimum Gasteiger partial charge on any atom is -0.381 e. The zero-order valence-electron chi connectivity index (χ0n) is 11.3. The maximum Gasteiger partial charge on any atom is 0.0763 e. The second-order valence-corrected chi connectivity index (χ2v) is 5.88. The number of nitrogens with one attached hydrogen (secondary N) is 1. The van der Waals surface area contributed by atoms with Gasteiger partial charge in [-0.1, -0.05) is 11.1 Å². The third-order valence-electron chi connectivity index (χ3n) is 4.69. The third kappa shape index (κ3) is 2.79. The molecule has 3 nitrogen and oxygen atoms in total. The molecule has 1 spiro atoms. The van der Waals surface area contributed by atoms with E-state index in [4.69, 9.17) is 9.47 Å². The molecule has 0 aliphatic carbocycles. The third-order valence-corrected chi connectivity index (χ3v) is 4.69. The molecule has 3 heteroatoms. The van der Waals surface area contributed by atoms with Crippen LogP contribution in [0.5, 0.6) is 0 Å². The Morgan fingerprint density at radius 2 is 1.78 bits per heavy atom. The van der Waals surface area contributed by atoms with Gasteiger partial charge in [0.25, 0.3) is 0 Å². The molecule has 1 N–H and O–H groups in total. The lowest BCUT2D eigenvalue weighted by molar-refractivity contribution is -0.121. The number of hydrogen-bond acceptors (Lipinski definition) is 3. The van der Waals surface area contributed by atoms with Gasteiger partial charge in [0.15, 0.2) is 0 Å². The molecule has 0 aromatic carbocycles. The Kier molecular flexibility index (Phi) is 4.02. The van der Waals surface area contributed by atoms with Crippen LogP contribution in [0.25, 0.3) is 0 Å². The Balaban J connectivity index is 1.73. The van der Waals surface area contributed by atoms with Crippen LogP contribution >= 0.6 is 0 Å². The molecule has 0 aromatic rings. The minimum atomic E-state index is 0.124. The van der Waals surface area contributed by atoms with Crippen LogP contribution < -0.4 is 5.32 Å². The van der Waals surface area contributed by atoms with Crippen molar-refractivity contribution in [1.29, 1.82) is 0 Å². The normalized spacial score (nSPS) is 33.3. The van der Waals surface area contributed by atoms with Gasteiger partial charge >= 0.3 is 0 Å². The van der Waals surface area contributed by atoms with Crippen molar-refractivity contribution < 1.29 is 9.47 Å². The summed E-state index contributed by atoms with van der Waals surface area (Å²) < 4.78 is 11.6. The summed E-state index contributed by atoms with van der Waals surface area (Å²) in [6.07, 6.45) is 8.36. The summed E-state index contributed by atoms with van der Waals surface area (Å²) in [5.74, 6) is 0. The Labute approximate surface area is 110 Å². The second-order valence-electron chi connectivity index (χ2n) is 5.88. The summed E-state index contributed by atoms with van der Waals surface area (Å²) in [4.78, 5) is 0. The Bertz CT molecular complexity index is 303. The molecule has 0 radical (unpaired) electrons. The van der Waals surface area contributed by atoms with Crippen molar-refractivity contribution in [2.45, 2.75) is 50.5 Å². The van der Waals surface area contributed by atoms with Gasteiger partial charge in [0.2, 0.25) is 0 Å². The Morgan fingerprint density at radius 3 is 2.67 bits per heavy atom. The van der Waals surface area contributed by atoms with Gasteiger partial charge < -0.3 is 14.8 Å². The van der Waals surface area contributed by atoms with Crippen LogP contribution in [0.15, 0.2) is 11.1 Å². The average Bonchev–Trinajstić information content (AvgIpc) is 2.68. The molecule has 3 fully saturated rings. The van der Waals surface area contributed by atoms with Gasteiger partial charge in [-0.3, -0.25) is 0 Å². The van der Waals surface area contributed by atoms with Crippen LogP contribution in [0, 0.1) is 0 Å². The van der Waals surface area contributed by atoms with Crippen LogP contribution in [-0.4, -0.2) is 38.5 Å². The molecule has 0 atom stereocenters. The quantitative estimate of drug-likeness (QED) is 0.671. The maximum atomic E-state index is 6.13. The van der Waals surface area contributed by atoms with E-state index in [0.717, 1.165) is 45.6 Å². The monoisotopic (exact) mass is 251 g/mol. The van der Waals surface area contributed by atoms with E-state index in [0.29, 0.717) is 0 Å². The highest BCUT2D eigenvalue weighted by atomic mass is 16.5. The van der Waals surface area contributed by atoms with Crippen molar-refractivity contribution in [3.63, 3.8) is 0 Å². The lowest BCUT2D eigenvalue weighted by Crippen LogP contribution is -2.42. The fourth-order valence-electron chi connectivity index (χ4n) is 3.55. The van der Waals surface area contributed by atoms with Crippen molar-refractivity contribution in [2.75, 3.05) is 32.9 Å². The molecule has 3 aliphatic heterocycles. The first-order valence-corrected chi connectivity index (χ1v) is 7.50. The molecule has 3 aliphatic rings. The molecule has 3 saturated heterocycles. The largest absolute Gasteiger partial charge is 0.381 e. The number of rotatable bonds is 0. The van der Waals surface area contributed by atoms with Gasteiger partial charge in [0.1, 0.15) is 0 Å². The van der Waals surface area contributed by atoms with Crippen LogP contribution in [0.3, 0.4) is 0 Å². The van der Waals surface area contributed by atoms with Gasteiger partial charge in [0.05, 0.1) is 12.2 Å². The van der Waals surface area contributed by atoms with Gasteiger partial charge in [0, 0.05) is 26.1 Å². The average molecular weight is 251 g/mol. The van der Waals surface area contributed by atoms with Crippen LogP contribution in [-0.2, 0) is 9.47 Å². The topological polar surface area (TPSA) is 30.5 Å². The van der Waals surface area contributed by atoms with Crippen molar-refractivity contribution in [3.8, 4) is 0 Å². The van der Waals surface area contributed by atoms with E-state index < -0.39 is 0 Å². The number of ether oxygens (including phenoxy) is 2. The van der Waals surface area contributed by atoms with Gasteiger partial charge in [-0.05, 0) is 45.2 Å². The molecule has 3 rings (SSSR count). The highest BCUT2D eigenvalue weighted by Gasteiger charge is 2.37. The van der Waals surface area contributed by atoms with E-state index >= 15 is 0 Å². The van der Waals surface area contributed by atoms with Crippen LogP contribution in [0.4, 0.5) is 0 Å². The molecule has 0 amide bonds. The zero-order valence-corrected chi connectivity index (χ0v) is 11.3. The molecule has 0 aromatic heterocycles. The van der Waals surface area contributed by atoms with Gasteiger partial charge in [-0.15, -0.1) is 0 Å². The predicted molar refractivity (Wildman–Crippen MR) is 71.7 cm³/mol. The fraction of sp³-hybridized carbons (Fsp3) is 0.867. The summed E-state index contributed by atoms with van der Waals surface area (Å²) in [6.45, 7) is 5.03. The van der Waals surface area contributed by atoms with E-state index in [1.54, 1.807) is 11.1 Å². The van der Waals surface area contributed by atoms with Crippen LogP contribution in [0.2, 0.25) is 0 Å². The standard InChI is InChI=1S/C15H25NO2/c1-2-13(3-8-16-7-1)14-4-9-18-15(12-14)5-10-17-11-6-15/h16H,1-12H2. The van der Waals surface area contributed by atoms with Gasteiger partial charge in [-0.25, -0.2) is 0 Å². The van der Waals surface area contributed by atoms with Crippen molar-refractivity contribution in [1.82, 2.24) is 5.32 Å². The SMILES string of the molecule is C1CNCCC(=C2CCOC3(CCOCC3)C2)C1. The molecule has 0 bridgehead atoms. The molecule has 0 saturated carbocycles. The lowest BCUT2D eigenvalue weighted by atomic mass is 9.81. The minimum absolute atomic E-state index is 0.124. The first kappa shape index (κ1) is 12.6. The van der Waals surface area contributed by atoms with E-state index in [1.165, 1.54) is 32.2 Å². The summed E-state index contributed by atoms with van der Waals surface area (Å²) in [6, 6.07) is 0. The van der Waals surface area contributed by atoms with E-state index in [-0.39, 0.29) is 5.60 Å². The molecule has 3 heterocycles. The summed E-state index contributed by atoms with van der Waals surface area (Å²) in [5.41, 5.74) is 3.57. The second kappa shape index (κ2) is 5.72. The summed E-state index contributed by atoms with van der Waals surface area (Å²) in [7, 11) is 0. The predicted octanol–water partition coefficient (Wildman–Crippen LogP) is 2.42. The zero-order chi connectivity index (χ0) is 12.3. The van der Waals surface area contributed by atoms with Crippen molar-refractivity contribution >= 4 is 0 Å². The smallest absolute Gasteiger partial charge is 0.0763 e. The Morgan fingerprint density at radius 1 is 0.889 bits per heavy atom. The van der Waals surface area contributed by atoms with Gasteiger partial charge in [-0.2, -0.15) is 0 Å². The first-order valence-electron chi connectivity index (χ1n) is 7.50. The van der Waals surface area contributed by atoms with E-state index in [1.807, 2.05) is 0 Å². The molecule has 102 valence electrons. The summed E-state index contributed by atoms with van der Waals surface area (Å²) >= 11 is 0. The van der Waals surface area contributed by atoms with Crippen molar-refractivity contribution in [2.24, 2.45) is 0 Å². The van der Waals surface area contributed by atoms with Crippen LogP contribution in [0.1, 0.15) is 44.9 Å². The van der Waals surface area contributed by atoms with Crippen molar-refractivity contribution in [3.05, 3.63) is 11.1 Å². The van der Waals surface area contributed by atoms with E-state index in [9.17, 15) is 0 Å². The molecule has 18 heavy (non-hydrogen) atoms. The molecular weight excluding hydrogens is 226 g/mol. The highest BCUT2D eigenvalue weighted by molar-refractivity contribution is 5.20. The molecule has 0 unspecified atom stereocenters. The fourth-order valence-corrected chi connectivity index (χ4v) is 3.55. The first-order chi connectivity index (χ1) is 8.88. The van der Waals surface area contributed by atoms with E-state index in [2.05, 4.69) is 5.32 Å². The number of hydrogen-bond donors (Lipinski definition) is 1. The Hall–Kier alpha value is -0.380. The highest BCUT2D eigenvalue weighted by Crippen LogP contribution is 2.39. The maximum absolute atomic E-state index is 6.13.